The van der Waals surface area contributed by atoms with Gasteiger partial charge in [-0.1, -0.05) is 13.2 Å². The van der Waals surface area contributed by atoms with E-state index < -0.39 is 47.9 Å². The summed E-state index contributed by atoms with van der Waals surface area (Å²) in [7, 11) is 0. The lowest BCUT2D eigenvalue weighted by atomic mass is 9.83. The summed E-state index contributed by atoms with van der Waals surface area (Å²) in [6.07, 6.45) is 0.842. The van der Waals surface area contributed by atoms with Crippen molar-refractivity contribution in [3.05, 3.63) is 83.0 Å². The van der Waals surface area contributed by atoms with Gasteiger partial charge >= 0.3 is 23.9 Å². The van der Waals surface area contributed by atoms with Crippen molar-refractivity contribution in [1.29, 1.82) is 0 Å². The minimum Gasteiger partial charge on any atom is -0.478 e. The fourth-order valence-corrected chi connectivity index (χ4v) is 5.26. The summed E-state index contributed by atoms with van der Waals surface area (Å²) >= 11 is 0. The smallest absolute Gasteiger partial charge is 0.335 e. The highest BCUT2D eigenvalue weighted by molar-refractivity contribution is 5.91. The first-order chi connectivity index (χ1) is 18.1. The van der Waals surface area contributed by atoms with Crippen molar-refractivity contribution in [2.75, 3.05) is 13.2 Å². The molecule has 0 bridgehead atoms. The zero-order chi connectivity index (χ0) is 27.7. The van der Waals surface area contributed by atoms with E-state index in [1.807, 2.05) is 0 Å². The van der Waals surface area contributed by atoms with Crippen LogP contribution in [-0.2, 0) is 19.1 Å². The molecule has 0 radical (unpaired) electrons. The molecule has 2 aliphatic heterocycles. The van der Waals surface area contributed by atoms with Crippen LogP contribution in [0.2, 0.25) is 0 Å². The van der Waals surface area contributed by atoms with E-state index in [2.05, 4.69) is 13.2 Å². The van der Waals surface area contributed by atoms with Crippen LogP contribution in [0.15, 0.2) is 49.6 Å². The van der Waals surface area contributed by atoms with Crippen molar-refractivity contribution < 1.29 is 48.3 Å². The van der Waals surface area contributed by atoms with E-state index in [1.165, 1.54) is 24.3 Å². The normalized spacial score (nSPS) is 21.8. The van der Waals surface area contributed by atoms with Gasteiger partial charge in [0.1, 0.15) is 11.5 Å². The maximum Gasteiger partial charge on any atom is 0.335 e. The van der Waals surface area contributed by atoms with Gasteiger partial charge < -0.3 is 29.2 Å². The number of hydrogen-bond acceptors (Lipinski definition) is 8. The van der Waals surface area contributed by atoms with Crippen molar-refractivity contribution >= 4 is 23.9 Å². The minimum atomic E-state index is -1.14. The maximum absolute atomic E-state index is 12.0. The van der Waals surface area contributed by atoms with Crippen molar-refractivity contribution in [3.8, 4) is 11.5 Å². The van der Waals surface area contributed by atoms with Crippen LogP contribution in [0.25, 0.3) is 0 Å². The summed E-state index contributed by atoms with van der Waals surface area (Å²) in [5.74, 6) is -4.35. The van der Waals surface area contributed by atoms with Gasteiger partial charge in [0.2, 0.25) is 0 Å². The predicted octanol–water partition coefficient (Wildman–Crippen LogP) is 3.55. The SMILES string of the molecule is C=CC(=O)Oc1ccc(C(=O)O)c(C)c1[C@@H]1CO[C@H]2[C@@H]1OC[C@H]2c1c(OC(=O)C=C)ccc(C(=O)O)c1C. The predicted molar refractivity (Wildman–Crippen MR) is 133 cm³/mol. The molecule has 0 amide bonds. The molecule has 0 saturated carbocycles. The highest BCUT2D eigenvalue weighted by Crippen LogP contribution is 2.49. The summed E-state index contributed by atoms with van der Waals surface area (Å²) in [5.41, 5.74) is 1.81. The number of aromatic carboxylic acids is 2. The van der Waals surface area contributed by atoms with Crippen LogP contribution in [0.5, 0.6) is 11.5 Å². The molecule has 198 valence electrons. The Morgan fingerprint density at radius 3 is 1.45 bits per heavy atom. The van der Waals surface area contributed by atoms with Crippen LogP contribution < -0.4 is 9.47 Å². The molecule has 2 heterocycles. The summed E-state index contributed by atoms with van der Waals surface area (Å²) in [4.78, 5) is 47.7. The van der Waals surface area contributed by atoms with Crippen LogP contribution in [0.1, 0.15) is 54.8 Å². The monoisotopic (exact) mass is 522 g/mol. The van der Waals surface area contributed by atoms with E-state index in [4.69, 9.17) is 18.9 Å². The van der Waals surface area contributed by atoms with Gasteiger partial charge in [-0.25, -0.2) is 19.2 Å². The average molecular weight is 523 g/mol. The van der Waals surface area contributed by atoms with Gasteiger partial charge in [-0.15, -0.1) is 0 Å². The third kappa shape index (κ3) is 4.71. The van der Waals surface area contributed by atoms with Gasteiger partial charge in [0.05, 0.1) is 36.5 Å². The average Bonchev–Trinajstić information content (AvgIpc) is 3.46. The molecule has 10 nitrogen and oxygen atoms in total. The zero-order valence-corrected chi connectivity index (χ0v) is 20.8. The quantitative estimate of drug-likeness (QED) is 0.300. The third-order valence-corrected chi connectivity index (χ3v) is 6.96. The Hall–Kier alpha value is -4.28. The van der Waals surface area contributed by atoms with Crippen LogP contribution in [0, 0.1) is 13.8 Å². The second kappa shape index (κ2) is 10.6. The fourth-order valence-electron chi connectivity index (χ4n) is 5.26. The summed E-state index contributed by atoms with van der Waals surface area (Å²) in [6.45, 7) is 10.3. The highest BCUT2D eigenvalue weighted by Gasteiger charge is 2.51. The largest absolute Gasteiger partial charge is 0.478 e. The zero-order valence-electron chi connectivity index (χ0n) is 20.8. The van der Waals surface area contributed by atoms with Gasteiger partial charge in [0.25, 0.3) is 0 Å². The molecule has 2 N–H and O–H groups in total. The van der Waals surface area contributed by atoms with Crippen molar-refractivity contribution in [2.24, 2.45) is 0 Å². The molecule has 10 heteroatoms. The maximum atomic E-state index is 12.0. The topological polar surface area (TPSA) is 146 Å². The van der Waals surface area contributed by atoms with Gasteiger partial charge in [0.15, 0.2) is 0 Å². The first-order valence-electron chi connectivity index (χ1n) is 11.7. The van der Waals surface area contributed by atoms with Crippen molar-refractivity contribution in [2.45, 2.75) is 37.9 Å². The molecule has 2 aromatic rings. The van der Waals surface area contributed by atoms with E-state index in [0.29, 0.717) is 22.3 Å². The molecule has 0 unspecified atom stereocenters. The Morgan fingerprint density at radius 2 is 1.13 bits per heavy atom. The number of rotatable bonds is 8. The lowest BCUT2D eigenvalue weighted by molar-refractivity contribution is -0.129. The number of benzene rings is 2. The Balaban J connectivity index is 1.77. The number of esters is 2. The van der Waals surface area contributed by atoms with Crippen molar-refractivity contribution in [1.82, 2.24) is 0 Å². The Bertz CT molecular complexity index is 1250. The number of carboxylic acids is 2. The molecule has 2 aliphatic rings. The second-order valence-electron chi connectivity index (χ2n) is 8.97. The number of fused-ring (bicyclic) bond motifs is 1. The first kappa shape index (κ1) is 26.8. The molecule has 4 rings (SSSR count). The summed E-state index contributed by atoms with van der Waals surface area (Å²) in [5, 5.41) is 19.3. The number of ether oxygens (including phenoxy) is 4. The second-order valence-corrected chi connectivity index (χ2v) is 8.97. The van der Waals surface area contributed by atoms with E-state index >= 15 is 0 Å². The van der Waals surface area contributed by atoms with E-state index in [9.17, 15) is 29.4 Å². The molecule has 2 saturated heterocycles. The lowest BCUT2D eigenvalue weighted by Crippen LogP contribution is -2.26. The minimum absolute atomic E-state index is 0.0417. The molecule has 0 spiro atoms. The van der Waals surface area contributed by atoms with Crippen LogP contribution in [0.4, 0.5) is 0 Å². The van der Waals surface area contributed by atoms with Crippen molar-refractivity contribution in [3.63, 3.8) is 0 Å². The van der Waals surface area contributed by atoms with Gasteiger partial charge in [-0.3, -0.25) is 0 Å². The Kier molecular flexibility index (Phi) is 7.47. The molecule has 0 aliphatic carbocycles. The van der Waals surface area contributed by atoms with Crippen LogP contribution in [-0.4, -0.2) is 59.5 Å². The van der Waals surface area contributed by atoms with Crippen LogP contribution in [0.3, 0.4) is 0 Å². The molecule has 4 atom stereocenters. The summed E-state index contributed by atoms with van der Waals surface area (Å²) in [6, 6.07) is 5.56. The molecule has 2 aromatic carbocycles. The van der Waals surface area contributed by atoms with Gasteiger partial charge in [0, 0.05) is 35.1 Å². The number of carbonyl (C=O) groups is 4. The lowest BCUT2D eigenvalue weighted by Gasteiger charge is -2.23. The fraction of sp³-hybridized carbons (Fsp3) is 0.286. The number of carboxylic acid groups (broad SMARTS) is 2. The van der Waals surface area contributed by atoms with E-state index in [1.54, 1.807) is 13.8 Å². The number of carbonyl (C=O) groups excluding carboxylic acids is 2. The summed E-state index contributed by atoms with van der Waals surface area (Å²) < 4.78 is 23.2. The molecular formula is C28H26O10. The first-order valence-corrected chi connectivity index (χ1v) is 11.7. The molecule has 0 aromatic heterocycles. The van der Waals surface area contributed by atoms with Gasteiger partial charge in [-0.05, 0) is 49.2 Å². The molecular weight excluding hydrogens is 496 g/mol. The van der Waals surface area contributed by atoms with E-state index in [-0.39, 0.29) is 35.8 Å². The van der Waals surface area contributed by atoms with Gasteiger partial charge in [-0.2, -0.15) is 0 Å². The molecule has 38 heavy (non-hydrogen) atoms. The molecule has 2 fully saturated rings. The van der Waals surface area contributed by atoms with E-state index in [0.717, 1.165) is 12.2 Å². The Labute approximate surface area is 218 Å². The Morgan fingerprint density at radius 1 is 0.763 bits per heavy atom. The number of hydrogen-bond donors (Lipinski definition) is 2. The third-order valence-electron chi connectivity index (χ3n) is 6.96. The highest BCUT2D eigenvalue weighted by atomic mass is 16.6. The van der Waals surface area contributed by atoms with Crippen LogP contribution >= 0.6 is 0 Å². The standard InChI is InChI=1S/C28H26O10/c1-5-21(29)37-19-9-7-15(27(31)32)13(3)23(19)17-11-35-26-18(12-36-25(17)26)24-14(4)16(28(33)34)8-10-20(24)38-22(30)6-2/h5-10,17-18,25-26H,1-2,11-12H2,3-4H3,(H,31,32)(H,33,34)/t17-,18-,25+,26+/m0/s1.